The summed E-state index contributed by atoms with van der Waals surface area (Å²) in [6.45, 7) is 2.01. The SMILES string of the molecule is COc1ccc(-c2nn(-c3ccccc3)cc2/C=C(/C#N)c2cccc(C)c2)cc1OC. The summed E-state index contributed by atoms with van der Waals surface area (Å²) in [5, 5.41) is 14.7. The van der Waals surface area contributed by atoms with Crippen molar-refractivity contribution in [2.45, 2.75) is 6.92 Å². The minimum atomic E-state index is 0.572. The molecule has 0 spiro atoms. The first-order chi connectivity index (χ1) is 15.6. The summed E-state index contributed by atoms with van der Waals surface area (Å²) in [6, 6.07) is 25.8. The Bertz CT molecular complexity index is 1310. The molecule has 4 rings (SSSR count). The van der Waals surface area contributed by atoms with Crippen molar-refractivity contribution in [3.63, 3.8) is 0 Å². The lowest BCUT2D eigenvalue weighted by atomic mass is 10.0. The van der Waals surface area contributed by atoms with Gasteiger partial charge in [0.25, 0.3) is 0 Å². The van der Waals surface area contributed by atoms with E-state index in [-0.39, 0.29) is 0 Å². The van der Waals surface area contributed by atoms with Gasteiger partial charge in [0.15, 0.2) is 11.5 Å². The molecule has 0 aliphatic heterocycles. The number of benzene rings is 3. The molecule has 5 nitrogen and oxygen atoms in total. The molecule has 0 unspecified atom stereocenters. The van der Waals surface area contributed by atoms with E-state index in [1.54, 1.807) is 14.2 Å². The Labute approximate surface area is 187 Å². The van der Waals surface area contributed by atoms with Crippen molar-refractivity contribution in [2.75, 3.05) is 14.2 Å². The summed E-state index contributed by atoms with van der Waals surface area (Å²) < 4.78 is 12.7. The van der Waals surface area contributed by atoms with Crippen LogP contribution in [0, 0.1) is 18.3 Å². The molecule has 3 aromatic carbocycles. The number of para-hydroxylation sites is 1. The van der Waals surface area contributed by atoms with Gasteiger partial charge in [-0.2, -0.15) is 10.4 Å². The average molecular weight is 422 g/mol. The largest absolute Gasteiger partial charge is 0.493 e. The first-order valence-electron chi connectivity index (χ1n) is 10.2. The molecular formula is C27H23N3O2. The quantitative estimate of drug-likeness (QED) is 0.362. The molecule has 0 bridgehead atoms. The third-order valence-electron chi connectivity index (χ3n) is 5.17. The van der Waals surface area contributed by atoms with Crippen LogP contribution < -0.4 is 9.47 Å². The fraction of sp³-hybridized carbons (Fsp3) is 0.111. The molecular weight excluding hydrogens is 398 g/mol. The maximum absolute atomic E-state index is 9.89. The third-order valence-corrected chi connectivity index (χ3v) is 5.17. The van der Waals surface area contributed by atoms with Gasteiger partial charge >= 0.3 is 0 Å². The van der Waals surface area contributed by atoms with Gasteiger partial charge in [-0.25, -0.2) is 4.68 Å². The zero-order valence-corrected chi connectivity index (χ0v) is 18.2. The van der Waals surface area contributed by atoms with Gasteiger partial charge in [-0.05, 0) is 48.9 Å². The summed E-state index contributed by atoms with van der Waals surface area (Å²) >= 11 is 0. The van der Waals surface area contributed by atoms with Crippen LogP contribution in [0.1, 0.15) is 16.7 Å². The second kappa shape index (κ2) is 9.23. The summed E-state index contributed by atoms with van der Waals surface area (Å²) in [5.41, 5.74) is 5.92. The van der Waals surface area contributed by atoms with Crippen molar-refractivity contribution in [3.05, 3.63) is 95.7 Å². The predicted molar refractivity (Wildman–Crippen MR) is 127 cm³/mol. The number of rotatable bonds is 6. The Kier molecular flexibility index (Phi) is 6.05. The topological polar surface area (TPSA) is 60.1 Å². The molecule has 32 heavy (non-hydrogen) atoms. The molecule has 4 aromatic rings. The zero-order chi connectivity index (χ0) is 22.5. The summed E-state index contributed by atoms with van der Waals surface area (Å²) in [5.74, 6) is 1.27. The molecule has 0 fully saturated rings. The van der Waals surface area contributed by atoms with Gasteiger partial charge in [-0.15, -0.1) is 0 Å². The molecule has 1 heterocycles. The molecule has 0 saturated carbocycles. The lowest BCUT2D eigenvalue weighted by Crippen LogP contribution is -1.95. The van der Waals surface area contributed by atoms with Crippen molar-refractivity contribution >= 4 is 11.6 Å². The van der Waals surface area contributed by atoms with Crippen molar-refractivity contribution in [1.29, 1.82) is 5.26 Å². The van der Waals surface area contributed by atoms with Crippen LogP contribution in [-0.2, 0) is 0 Å². The predicted octanol–water partition coefficient (Wildman–Crippen LogP) is 5.93. The van der Waals surface area contributed by atoms with Crippen molar-refractivity contribution in [1.82, 2.24) is 9.78 Å². The minimum Gasteiger partial charge on any atom is -0.493 e. The molecule has 0 N–H and O–H groups in total. The van der Waals surface area contributed by atoms with Gasteiger partial charge in [0.05, 0.1) is 31.5 Å². The molecule has 0 saturated heterocycles. The lowest BCUT2D eigenvalue weighted by molar-refractivity contribution is 0.355. The fourth-order valence-electron chi connectivity index (χ4n) is 3.56. The van der Waals surface area contributed by atoms with E-state index in [1.165, 1.54) is 0 Å². The minimum absolute atomic E-state index is 0.572. The number of ether oxygens (including phenoxy) is 2. The number of allylic oxidation sites excluding steroid dienone is 1. The monoisotopic (exact) mass is 421 g/mol. The molecule has 0 amide bonds. The number of aryl methyl sites for hydroxylation is 1. The normalized spacial score (nSPS) is 11.1. The van der Waals surface area contributed by atoms with Crippen LogP contribution in [0.3, 0.4) is 0 Å². The number of hydrogen-bond donors (Lipinski definition) is 0. The Morgan fingerprint density at radius 2 is 1.72 bits per heavy atom. The Morgan fingerprint density at radius 1 is 0.938 bits per heavy atom. The molecule has 1 aromatic heterocycles. The average Bonchev–Trinajstić information content (AvgIpc) is 3.26. The van der Waals surface area contributed by atoms with Crippen LogP contribution in [0.15, 0.2) is 79.0 Å². The van der Waals surface area contributed by atoms with Crippen LogP contribution in [0.5, 0.6) is 11.5 Å². The fourth-order valence-corrected chi connectivity index (χ4v) is 3.56. The molecule has 158 valence electrons. The van der Waals surface area contributed by atoms with Gasteiger partial charge in [-0.3, -0.25) is 0 Å². The van der Waals surface area contributed by atoms with E-state index in [9.17, 15) is 5.26 Å². The third kappa shape index (κ3) is 4.26. The molecule has 5 heteroatoms. The highest BCUT2D eigenvalue weighted by molar-refractivity contribution is 5.92. The maximum Gasteiger partial charge on any atom is 0.161 e. The van der Waals surface area contributed by atoms with Gasteiger partial charge < -0.3 is 9.47 Å². The van der Waals surface area contributed by atoms with Gasteiger partial charge in [-0.1, -0.05) is 48.0 Å². The molecule has 0 aliphatic rings. The summed E-state index contributed by atoms with van der Waals surface area (Å²) in [6.07, 6.45) is 3.82. The summed E-state index contributed by atoms with van der Waals surface area (Å²) in [4.78, 5) is 0. The first-order valence-corrected chi connectivity index (χ1v) is 10.2. The van der Waals surface area contributed by atoms with Crippen LogP contribution in [0.25, 0.3) is 28.6 Å². The highest BCUT2D eigenvalue weighted by atomic mass is 16.5. The van der Waals surface area contributed by atoms with Crippen molar-refractivity contribution < 1.29 is 9.47 Å². The van der Waals surface area contributed by atoms with E-state index in [1.807, 2.05) is 96.7 Å². The highest BCUT2D eigenvalue weighted by Crippen LogP contribution is 2.34. The number of nitrogens with zero attached hydrogens (tertiary/aromatic N) is 3. The number of hydrogen-bond acceptors (Lipinski definition) is 4. The number of methoxy groups -OCH3 is 2. The van der Waals surface area contributed by atoms with Crippen molar-refractivity contribution in [3.8, 4) is 34.5 Å². The van der Waals surface area contributed by atoms with E-state index < -0.39 is 0 Å². The van der Waals surface area contributed by atoms with Crippen LogP contribution in [0.2, 0.25) is 0 Å². The number of nitriles is 1. The molecule has 0 radical (unpaired) electrons. The van der Waals surface area contributed by atoms with Gasteiger partial charge in [0, 0.05) is 17.3 Å². The Balaban J connectivity index is 1.89. The molecule has 0 atom stereocenters. The van der Waals surface area contributed by atoms with E-state index in [4.69, 9.17) is 14.6 Å². The smallest absolute Gasteiger partial charge is 0.161 e. The lowest BCUT2D eigenvalue weighted by Gasteiger charge is -2.09. The maximum atomic E-state index is 9.89. The second-order valence-electron chi connectivity index (χ2n) is 7.32. The Morgan fingerprint density at radius 3 is 2.41 bits per heavy atom. The van der Waals surface area contributed by atoms with E-state index in [0.29, 0.717) is 17.1 Å². The van der Waals surface area contributed by atoms with E-state index in [0.717, 1.165) is 33.6 Å². The summed E-state index contributed by atoms with van der Waals surface area (Å²) in [7, 11) is 3.22. The second-order valence-corrected chi connectivity index (χ2v) is 7.32. The van der Waals surface area contributed by atoms with E-state index in [2.05, 4.69) is 6.07 Å². The Hall–Kier alpha value is -4.30. The van der Waals surface area contributed by atoms with Gasteiger partial charge in [0.2, 0.25) is 0 Å². The molecule has 0 aliphatic carbocycles. The first kappa shape index (κ1) is 21.0. The standard InChI is InChI=1S/C27H23N3O2/c1-19-8-7-9-20(14-19)22(17-28)15-23-18-30(24-10-5-4-6-11-24)29-27(23)21-12-13-25(31-2)26(16-21)32-3/h4-16,18H,1-3H3/b22-15-. The number of aromatic nitrogens is 2. The zero-order valence-electron chi connectivity index (χ0n) is 18.2. The van der Waals surface area contributed by atoms with Crippen LogP contribution in [-0.4, -0.2) is 24.0 Å². The van der Waals surface area contributed by atoms with E-state index >= 15 is 0 Å². The highest BCUT2D eigenvalue weighted by Gasteiger charge is 2.15. The van der Waals surface area contributed by atoms with Crippen molar-refractivity contribution in [2.24, 2.45) is 0 Å². The van der Waals surface area contributed by atoms with Crippen LogP contribution >= 0.6 is 0 Å². The van der Waals surface area contributed by atoms with Gasteiger partial charge in [0.1, 0.15) is 5.69 Å². The van der Waals surface area contributed by atoms with Crippen LogP contribution in [0.4, 0.5) is 0 Å².